The molecule has 0 rings (SSSR count). The molecule has 3 N–H and O–H groups in total. The summed E-state index contributed by atoms with van der Waals surface area (Å²) >= 11 is 0. The van der Waals surface area contributed by atoms with Crippen molar-refractivity contribution in [1.29, 1.82) is 0 Å². The minimum atomic E-state index is -0.658. The lowest BCUT2D eigenvalue weighted by molar-refractivity contribution is -0.123. The molecule has 272 valence electrons. The molecule has 0 saturated heterocycles. The predicted molar refractivity (Wildman–Crippen MR) is 202 cm³/mol. The number of aliphatic hydroxyl groups excluding tert-OH is 2. The van der Waals surface area contributed by atoms with E-state index >= 15 is 0 Å². The van der Waals surface area contributed by atoms with Gasteiger partial charge in [-0.05, 0) is 38.5 Å². The van der Waals surface area contributed by atoms with E-state index in [-0.39, 0.29) is 12.5 Å². The highest BCUT2D eigenvalue weighted by molar-refractivity contribution is 5.76. The molecule has 4 heteroatoms. The minimum absolute atomic E-state index is 0.0348. The second-order valence-corrected chi connectivity index (χ2v) is 14.1. The van der Waals surface area contributed by atoms with Crippen LogP contribution in [-0.2, 0) is 4.79 Å². The van der Waals surface area contributed by atoms with E-state index in [0.29, 0.717) is 12.8 Å². The van der Waals surface area contributed by atoms with Gasteiger partial charge in [0.1, 0.15) is 0 Å². The summed E-state index contributed by atoms with van der Waals surface area (Å²) in [5.74, 6) is -0.0348. The molecule has 0 aliphatic rings. The molecule has 0 spiro atoms. The van der Waals surface area contributed by atoms with E-state index in [0.717, 1.165) is 25.7 Å². The van der Waals surface area contributed by atoms with E-state index in [2.05, 4.69) is 43.5 Å². The zero-order valence-electron chi connectivity index (χ0n) is 31.1. The van der Waals surface area contributed by atoms with Gasteiger partial charge in [0.05, 0.1) is 18.8 Å². The molecule has 2 atom stereocenters. The third-order valence-electron chi connectivity index (χ3n) is 9.49. The third-order valence-corrected chi connectivity index (χ3v) is 9.49. The van der Waals surface area contributed by atoms with Gasteiger partial charge in [0.15, 0.2) is 0 Å². The van der Waals surface area contributed by atoms with E-state index in [9.17, 15) is 15.0 Å². The normalized spacial score (nSPS) is 13.2. The largest absolute Gasteiger partial charge is 0.394 e. The van der Waals surface area contributed by atoms with E-state index in [4.69, 9.17) is 0 Å². The van der Waals surface area contributed by atoms with Crippen molar-refractivity contribution < 1.29 is 15.0 Å². The summed E-state index contributed by atoms with van der Waals surface area (Å²) in [5, 5.41) is 23.1. The molecule has 0 saturated carbocycles. The van der Waals surface area contributed by atoms with Crippen molar-refractivity contribution in [2.45, 2.75) is 231 Å². The molecule has 4 nitrogen and oxygen atoms in total. The minimum Gasteiger partial charge on any atom is -0.394 e. The van der Waals surface area contributed by atoms with Gasteiger partial charge in [-0.15, -0.1) is 0 Å². The molecule has 0 bridgehead atoms. The van der Waals surface area contributed by atoms with Crippen LogP contribution in [0.1, 0.15) is 219 Å². The van der Waals surface area contributed by atoms with Crippen LogP contribution < -0.4 is 5.32 Å². The first kappa shape index (κ1) is 44.9. The molecule has 2 unspecified atom stereocenters. The average molecular weight is 648 g/mol. The molecule has 0 aromatic rings. The quantitative estimate of drug-likeness (QED) is 0.0464. The number of aliphatic hydroxyl groups is 2. The van der Waals surface area contributed by atoms with E-state index in [1.165, 1.54) is 167 Å². The monoisotopic (exact) mass is 648 g/mol. The Morgan fingerprint density at radius 3 is 1.30 bits per heavy atom. The van der Waals surface area contributed by atoms with E-state index in [1.54, 1.807) is 0 Å². The number of unbranched alkanes of at least 4 members (excludes halogenated alkanes) is 27. The molecule has 0 aliphatic heterocycles. The highest BCUT2D eigenvalue weighted by Crippen LogP contribution is 2.16. The first-order valence-corrected chi connectivity index (χ1v) is 20.6. The second-order valence-electron chi connectivity index (χ2n) is 14.1. The number of nitrogens with one attached hydrogen (secondary N) is 1. The van der Waals surface area contributed by atoms with Crippen LogP contribution in [0.2, 0.25) is 0 Å². The first-order valence-electron chi connectivity index (χ1n) is 20.6. The Morgan fingerprint density at radius 1 is 0.522 bits per heavy atom. The maximum atomic E-state index is 12.4. The van der Waals surface area contributed by atoms with Gasteiger partial charge in [-0.25, -0.2) is 0 Å². The fourth-order valence-corrected chi connectivity index (χ4v) is 6.29. The van der Waals surface area contributed by atoms with Crippen LogP contribution in [0, 0.1) is 0 Å². The number of hydrogen-bond acceptors (Lipinski definition) is 3. The summed E-state index contributed by atoms with van der Waals surface area (Å²) in [6.45, 7) is 4.33. The van der Waals surface area contributed by atoms with Crippen molar-refractivity contribution in [2.75, 3.05) is 6.61 Å². The fourth-order valence-electron chi connectivity index (χ4n) is 6.29. The number of carbonyl (C=O) groups is 1. The van der Waals surface area contributed by atoms with Crippen LogP contribution in [0.4, 0.5) is 0 Å². The summed E-state index contributed by atoms with van der Waals surface area (Å²) in [4.78, 5) is 12.4. The van der Waals surface area contributed by atoms with Crippen LogP contribution >= 0.6 is 0 Å². The number of amides is 1. The van der Waals surface area contributed by atoms with Gasteiger partial charge in [0.25, 0.3) is 0 Å². The fraction of sp³-hybridized carbons (Fsp3) is 0.881. The highest BCUT2D eigenvalue weighted by Gasteiger charge is 2.19. The number of carbonyl (C=O) groups excluding carboxylic acids is 1. The molecule has 0 aromatic carbocycles. The van der Waals surface area contributed by atoms with Gasteiger partial charge in [-0.1, -0.05) is 199 Å². The molecule has 0 radical (unpaired) electrons. The lowest BCUT2D eigenvalue weighted by Gasteiger charge is -2.22. The standard InChI is InChI=1S/C42H81NO3/c1-3-5-7-9-11-13-15-17-19-20-21-22-24-26-28-30-32-34-36-38-42(46)43-40(39-44)41(45)37-35-33-31-29-27-25-23-18-16-14-12-10-8-6-4-2/h11,13,15,17,40-41,44-45H,3-10,12,14,16,18-39H2,1-2H3,(H,43,46)/b13-11-,17-15-. The second kappa shape index (κ2) is 38.3. The van der Waals surface area contributed by atoms with Crippen molar-refractivity contribution in [2.24, 2.45) is 0 Å². The predicted octanol–water partition coefficient (Wildman–Crippen LogP) is 12.5. The Balaban J connectivity index is 3.53. The van der Waals surface area contributed by atoms with Crippen LogP contribution in [0.25, 0.3) is 0 Å². The van der Waals surface area contributed by atoms with Crippen LogP contribution in [0.15, 0.2) is 24.3 Å². The van der Waals surface area contributed by atoms with Crippen molar-refractivity contribution in [1.82, 2.24) is 5.32 Å². The topological polar surface area (TPSA) is 69.6 Å². The molecule has 0 aliphatic carbocycles. The zero-order chi connectivity index (χ0) is 33.6. The molecule has 1 amide bonds. The summed E-state index contributed by atoms with van der Waals surface area (Å²) in [7, 11) is 0. The van der Waals surface area contributed by atoms with E-state index in [1.807, 2.05) is 0 Å². The van der Waals surface area contributed by atoms with Crippen molar-refractivity contribution in [3.8, 4) is 0 Å². The van der Waals surface area contributed by atoms with Crippen molar-refractivity contribution in [3.63, 3.8) is 0 Å². The van der Waals surface area contributed by atoms with Crippen molar-refractivity contribution in [3.05, 3.63) is 24.3 Å². The maximum Gasteiger partial charge on any atom is 0.220 e. The van der Waals surface area contributed by atoms with Gasteiger partial charge >= 0.3 is 0 Å². The van der Waals surface area contributed by atoms with Gasteiger partial charge in [-0.2, -0.15) is 0 Å². The molecular weight excluding hydrogens is 566 g/mol. The average Bonchev–Trinajstić information content (AvgIpc) is 3.06. The summed E-state index contributed by atoms with van der Waals surface area (Å²) < 4.78 is 0. The number of rotatable bonds is 37. The summed E-state index contributed by atoms with van der Waals surface area (Å²) in [6, 6.07) is -0.535. The van der Waals surface area contributed by atoms with Gasteiger partial charge in [0.2, 0.25) is 5.91 Å². The molecule has 0 aromatic heterocycles. The molecular formula is C42H81NO3. The maximum absolute atomic E-state index is 12.4. The number of hydrogen-bond donors (Lipinski definition) is 3. The molecule has 0 heterocycles. The third kappa shape index (κ3) is 34.2. The number of allylic oxidation sites excluding steroid dienone is 4. The van der Waals surface area contributed by atoms with Crippen LogP contribution in [-0.4, -0.2) is 34.9 Å². The SMILES string of the molecule is CCCCC/C=C\C=C/CCCCCCCCCCCCC(=O)NC(CO)C(O)CCCCCCCCCCCCCCCCC. The van der Waals surface area contributed by atoms with Crippen LogP contribution in [0.5, 0.6) is 0 Å². The first-order chi connectivity index (χ1) is 22.7. The Kier molecular flexibility index (Phi) is 37.4. The lowest BCUT2D eigenvalue weighted by Crippen LogP contribution is -2.45. The van der Waals surface area contributed by atoms with Gasteiger partial charge < -0.3 is 15.5 Å². The Morgan fingerprint density at radius 2 is 0.870 bits per heavy atom. The van der Waals surface area contributed by atoms with Gasteiger partial charge in [-0.3, -0.25) is 4.79 Å². The highest BCUT2D eigenvalue weighted by atomic mass is 16.3. The summed E-state index contributed by atoms with van der Waals surface area (Å²) in [6.07, 6.45) is 48.1. The van der Waals surface area contributed by atoms with Crippen molar-refractivity contribution >= 4 is 5.91 Å². The Labute approximate surface area is 288 Å². The smallest absolute Gasteiger partial charge is 0.220 e. The Hall–Kier alpha value is -1.13. The van der Waals surface area contributed by atoms with E-state index < -0.39 is 12.1 Å². The van der Waals surface area contributed by atoms with Crippen LogP contribution in [0.3, 0.4) is 0 Å². The molecule has 0 fully saturated rings. The lowest BCUT2D eigenvalue weighted by atomic mass is 10.0. The van der Waals surface area contributed by atoms with Gasteiger partial charge in [0, 0.05) is 6.42 Å². The Bertz CT molecular complexity index is 661. The molecule has 46 heavy (non-hydrogen) atoms. The summed E-state index contributed by atoms with van der Waals surface area (Å²) in [5.41, 5.74) is 0. The zero-order valence-corrected chi connectivity index (χ0v) is 31.1.